The topological polar surface area (TPSA) is 83.6 Å². The van der Waals surface area contributed by atoms with E-state index in [2.05, 4.69) is 4.72 Å². The minimum atomic E-state index is -3.83. The van der Waals surface area contributed by atoms with Crippen molar-refractivity contribution in [1.29, 1.82) is 0 Å². The van der Waals surface area contributed by atoms with Crippen LogP contribution < -0.4 is 9.03 Å². The molecule has 0 amide bonds. The third kappa shape index (κ3) is 4.15. The Morgan fingerprint density at radius 2 is 1.61 bits per heavy atom. The van der Waals surface area contributed by atoms with E-state index in [-0.39, 0.29) is 16.3 Å². The quantitative estimate of drug-likeness (QED) is 0.587. The predicted molar refractivity (Wildman–Crippen MR) is 123 cm³/mol. The maximum absolute atomic E-state index is 13.2. The summed E-state index contributed by atoms with van der Waals surface area (Å²) < 4.78 is 56.1. The Bertz CT molecular complexity index is 1370. The molecule has 1 aliphatic heterocycles. The second kappa shape index (κ2) is 7.85. The number of aryl methyl sites for hydroxylation is 2. The van der Waals surface area contributed by atoms with Crippen LogP contribution in [-0.2, 0) is 26.5 Å². The predicted octanol–water partition coefficient (Wildman–Crippen LogP) is 4.51. The van der Waals surface area contributed by atoms with E-state index in [4.69, 9.17) is 11.6 Å². The summed E-state index contributed by atoms with van der Waals surface area (Å²) >= 11 is 5.88. The first-order chi connectivity index (χ1) is 14.6. The maximum atomic E-state index is 13.2. The van der Waals surface area contributed by atoms with Crippen LogP contribution in [0.1, 0.15) is 16.7 Å². The molecule has 6 nitrogen and oxygen atoms in total. The number of halogens is 1. The van der Waals surface area contributed by atoms with E-state index in [0.29, 0.717) is 28.4 Å². The summed E-state index contributed by atoms with van der Waals surface area (Å²) in [5, 5.41) is 0.448. The van der Waals surface area contributed by atoms with E-state index in [1.807, 2.05) is 13.0 Å². The molecule has 0 aliphatic carbocycles. The van der Waals surface area contributed by atoms with Crippen molar-refractivity contribution in [3.05, 3.63) is 82.4 Å². The third-order valence-electron chi connectivity index (χ3n) is 5.23. The normalized spacial score (nSPS) is 13.8. The van der Waals surface area contributed by atoms with Crippen LogP contribution in [0.25, 0.3) is 0 Å². The number of anilines is 2. The molecule has 1 N–H and O–H groups in total. The highest BCUT2D eigenvalue weighted by atomic mass is 35.5. The van der Waals surface area contributed by atoms with Crippen molar-refractivity contribution < 1.29 is 16.8 Å². The second-order valence-corrected chi connectivity index (χ2v) is 11.4. The Labute approximate surface area is 187 Å². The van der Waals surface area contributed by atoms with Gasteiger partial charge in [-0.05, 0) is 79.4 Å². The summed E-state index contributed by atoms with van der Waals surface area (Å²) in [6.07, 6.45) is 0.548. The van der Waals surface area contributed by atoms with E-state index in [1.54, 1.807) is 37.3 Å². The first-order valence-electron chi connectivity index (χ1n) is 9.59. The van der Waals surface area contributed by atoms with Gasteiger partial charge >= 0.3 is 0 Å². The Morgan fingerprint density at radius 1 is 0.903 bits per heavy atom. The molecule has 0 bridgehead atoms. The average Bonchev–Trinajstić information content (AvgIpc) is 3.14. The molecule has 0 saturated carbocycles. The van der Waals surface area contributed by atoms with Gasteiger partial charge < -0.3 is 0 Å². The van der Waals surface area contributed by atoms with Crippen LogP contribution >= 0.6 is 11.6 Å². The molecule has 0 saturated heterocycles. The second-order valence-electron chi connectivity index (χ2n) is 7.50. The van der Waals surface area contributed by atoms with Crippen LogP contribution in [0.15, 0.2) is 70.5 Å². The van der Waals surface area contributed by atoms with Crippen LogP contribution in [-0.4, -0.2) is 23.4 Å². The minimum absolute atomic E-state index is 0.131. The van der Waals surface area contributed by atoms with Gasteiger partial charge in [-0.1, -0.05) is 29.8 Å². The van der Waals surface area contributed by atoms with Crippen molar-refractivity contribution >= 4 is 43.0 Å². The molecule has 0 spiro atoms. The van der Waals surface area contributed by atoms with Gasteiger partial charge in [0.15, 0.2) is 0 Å². The van der Waals surface area contributed by atoms with E-state index < -0.39 is 20.0 Å². The van der Waals surface area contributed by atoms with E-state index in [0.717, 1.165) is 11.1 Å². The molecule has 0 fully saturated rings. The van der Waals surface area contributed by atoms with Crippen LogP contribution in [0, 0.1) is 13.8 Å². The van der Waals surface area contributed by atoms with Crippen LogP contribution in [0.3, 0.4) is 0 Å². The van der Waals surface area contributed by atoms with Gasteiger partial charge in [-0.15, -0.1) is 0 Å². The van der Waals surface area contributed by atoms with Gasteiger partial charge in [0, 0.05) is 11.6 Å². The summed E-state index contributed by atoms with van der Waals surface area (Å²) in [6, 6.07) is 16.2. The Morgan fingerprint density at radius 3 is 2.32 bits per heavy atom. The zero-order valence-electron chi connectivity index (χ0n) is 17.0. The SMILES string of the molecule is Cc1ccc(C)c(S(=O)(=O)Nc2ccc3c(c2)N(S(=O)(=O)c2ccc(Cl)cc2)CC3)c1. The molecule has 1 aliphatic rings. The number of fused-ring (bicyclic) bond motifs is 1. The average molecular weight is 477 g/mol. The molecule has 0 atom stereocenters. The lowest BCUT2D eigenvalue weighted by Gasteiger charge is -2.20. The number of sulfonamides is 2. The molecule has 3 aromatic carbocycles. The Balaban J connectivity index is 1.69. The Kier molecular flexibility index (Phi) is 5.49. The highest BCUT2D eigenvalue weighted by molar-refractivity contribution is 7.93. The van der Waals surface area contributed by atoms with Crippen molar-refractivity contribution in [1.82, 2.24) is 0 Å². The van der Waals surface area contributed by atoms with E-state index in [9.17, 15) is 16.8 Å². The first kappa shape index (κ1) is 21.7. The Hall–Kier alpha value is -2.55. The maximum Gasteiger partial charge on any atom is 0.264 e. The van der Waals surface area contributed by atoms with E-state index >= 15 is 0 Å². The van der Waals surface area contributed by atoms with Crippen molar-refractivity contribution in [2.45, 2.75) is 30.1 Å². The molecule has 31 heavy (non-hydrogen) atoms. The summed E-state index contributed by atoms with van der Waals surface area (Å²) in [5.41, 5.74) is 3.08. The van der Waals surface area contributed by atoms with Crippen molar-refractivity contribution in [3.63, 3.8) is 0 Å². The fourth-order valence-corrected chi connectivity index (χ4v) is 6.61. The highest BCUT2D eigenvalue weighted by Gasteiger charge is 2.31. The summed E-state index contributed by atoms with van der Waals surface area (Å²) in [6.45, 7) is 3.85. The number of hydrogen-bond donors (Lipinski definition) is 1. The van der Waals surface area contributed by atoms with Crippen LogP contribution in [0.5, 0.6) is 0 Å². The molecule has 4 rings (SSSR count). The first-order valence-corrected chi connectivity index (χ1v) is 12.9. The molecule has 162 valence electrons. The summed E-state index contributed by atoms with van der Waals surface area (Å²) in [7, 11) is -7.62. The monoisotopic (exact) mass is 476 g/mol. The number of hydrogen-bond acceptors (Lipinski definition) is 4. The lowest BCUT2D eigenvalue weighted by Crippen LogP contribution is -2.29. The van der Waals surface area contributed by atoms with Gasteiger partial charge in [0.1, 0.15) is 0 Å². The largest absolute Gasteiger partial charge is 0.280 e. The van der Waals surface area contributed by atoms with Crippen molar-refractivity contribution in [2.75, 3.05) is 15.6 Å². The molecular formula is C22H21ClN2O4S2. The molecular weight excluding hydrogens is 456 g/mol. The number of nitrogens with zero attached hydrogens (tertiary/aromatic N) is 1. The van der Waals surface area contributed by atoms with Gasteiger partial charge in [0.2, 0.25) is 0 Å². The number of rotatable bonds is 5. The highest BCUT2D eigenvalue weighted by Crippen LogP contribution is 2.36. The number of benzene rings is 3. The van der Waals surface area contributed by atoms with Gasteiger partial charge in [-0.2, -0.15) is 0 Å². The zero-order valence-corrected chi connectivity index (χ0v) is 19.4. The number of nitrogens with one attached hydrogen (secondary N) is 1. The smallest absolute Gasteiger partial charge is 0.264 e. The lowest BCUT2D eigenvalue weighted by atomic mass is 10.1. The molecule has 3 aromatic rings. The van der Waals surface area contributed by atoms with Crippen LogP contribution in [0.4, 0.5) is 11.4 Å². The summed E-state index contributed by atoms with van der Waals surface area (Å²) in [4.78, 5) is 0.324. The van der Waals surface area contributed by atoms with Crippen LogP contribution in [0.2, 0.25) is 5.02 Å². The standard InChI is InChI=1S/C22H21ClN2O4S2/c1-15-3-4-16(2)22(13-15)30(26,27)24-19-8-5-17-11-12-25(21(17)14-19)31(28,29)20-9-6-18(23)7-10-20/h3-10,13-14,24H,11-12H2,1-2H3. The minimum Gasteiger partial charge on any atom is -0.280 e. The fraction of sp³-hybridized carbons (Fsp3) is 0.182. The van der Waals surface area contributed by atoms with Gasteiger partial charge in [0.05, 0.1) is 21.2 Å². The molecule has 0 radical (unpaired) electrons. The molecule has 0 unspecified atom stereocenters. The van der Waals surface area contributed by atoms with Crippen molar-refractivity contribution in [2.24, 2.45) is 0 Å². The third-order valence-corrected chi connectivity index (χ3v) is 8.83. The van der Waals surface area contributed by atoms with Gasteiger partial charge in [-0.25, -0.2) is 16.8 Å². The molecule has 9 heteroatoms. The fourth-order valence-electron chi connectivity index (χ4n) is 3.60. The zero-order chi connectivity index (χ0) is 22.4. The van der Waals surface area contributed by atoms with Gasteiger partial charge in [-0.3, -0.25) is 9.03 Å². The summed E-state index contributed by atoms with van der Waals surface area (Å²) in [5.74, 6) is 0. The lowest BCUT2D eigenvalue weighted by molar-refractivity contribution is 0.592. The van der Waals surface area contributed by atoms with Crippen molar-refractivity contribution in [3.8, 4) is 0 Å². The van der Waals surface area contributed by atoms with E-state index in [1.165, 1.54) is 28.6 Å². The molecule has 0 aromatic heterocycles. The molecule has 1 heterocycles. The van der Waals surface area contributed by atoms with Gasteiger partial charge in [0.25, 0.3) is 20.0 Å².